The topological polar surface area (TPSA) is 37.6 Å². The largest absolute Gasteiger partial charge is 0.416 e. The van der Waals surface area contributed by atoms with Gasteiger partial charge in [-0.3, -0.25) is 4.79 Å². The molecule has 0 N–H and O–H groups in total. The van der Waals surface area contributed by atoms with E-state index in [9.17, 15) is 18.0 Å². The highest BCUT2D eigenvalue weighted by Crippen LogP contribution is 2.32. The van der Waals surface area contributed by atoms with E-state index < -0.39 is 11.7 Å². The molecule has 0 radical (unpaired) electrons. The molecule has 2 aromatic carbocycles. The lowest BCUT2D eigenvalue weighted by Crippen LogP contribution is -2.21. The molecule has 158 valence electrons. The zero-order chi connectivity index (χ0) is 22.3. The van der Waals surface area contributed by atoms with Crippen LogP contribution in [0.25, 0.3) is 11.8 Å². The predicted octanol–water partition coefficient (Wildman–Crippen LogP) is 5.92. The van der Waals surface area contributed by atoms with Gasteiger partial charge in [-0.1, -0.05) is 24.3 Å². The molecule has 0 fully saturated rings. The zero-order valence-electron chi connectivity index (χ0n) is 17.2. The van der Waals surface area contributed by atoms with Crippen LogP contribution in [0.1, 0.15) is 29.4 Å². The van der Waals surface area contributed by atoms with Gasteiger partial charge in [0.15, 0.2) is 0 Å². The molecule has 0 atom stereocenters. The fraction of sp³-hybridized carbons (Fsp3) is 0.167. The SMILES string of the molecule is CC1=NN(c2ccccc2)C(=O)/C1=C/c1cc(C)n(-c2cccc(C(F)(F)F)c2)c1C. The Morgan fingerprint density at radius 3 is 2.26 bits per heavy atom. The van der Waals surface area contributed by atoms with Gasteiger partial charge in [-0.2, -0.15) is 23.3 Å². The van der Waals surface area contributed by atoms with Gasteiger partial charge in [0, 0.05) is 17.1 Å². The lowest BCUT2D eigenvalue weighted by molar-refractivity contribution is -0.137. The van der Waals surface area contributed by atoms with Gasteiger partial charge >= 0.3 is 6.18 Å². The summed E-state index contributed by atoms with van der Waals surface area (Å²) in [6.45, 7) is 5.40. The first-order valence-corrected chi connectivity index (χ1v) is 9.70. The standard InChI is InChI=1S/C24H20F3N3O/c1-15-12-18(17(3)29(15)21-11-7-8-19(14-21)24(25,26)27)13-22-16(2)28-30(23(22)31)20-9-5-4-6-10-20/h4-14H,1-3H3/b22-13+. The highest BCUT2D eigenvalue weighted by molar-refractivity contribution is 6.32. The van der Waals surface area contributed by atoms with E-state index in [4.69, 9.17) is 0 Å². The number of amides is 1. The van der Waals surface area contributed by atoms with Crippen molar-refractivity contribution in [2.75, 3.05) is 5.01 Å². The average molecular weight is 423 g/mol. The molecule has 0 saturated heterocycles. The predicted molar refractivity (Wildman–Crippen MR) is 115 cm³/mol. The number of hydrogen-bond donors (Lipinski definition) is 0. The summed E-state index contributed by atoms with van der Waals surface area (Å²) in [4.78, 5) is 13.0. The number of rotatable bonds is 3. The minimum absolute atomic E-state index is 0.243. The van der Waals surface area contributed by atoms with Crippen molar-refractivity contribution in [2.45, 2.75) is 26.9 Å². The van der Waals surface area contributed by atoms with E-state index in [-0.39, 0.29) is 5.91 Å². The van der Waals surface area contributed by atoms with Gasteiger partial charge < -0.3 is 4.57 Å². The van der Waals surface area contributed by atoms with Crippen LogP contribution >= 0.6 is 0 Å². The number of carbonyl (C=O) groups is 1. The first-order valence-electron chi connectivity index (χ1n) is 9.70. The highest BCUT2D eigenvalue weighted by atomic mass is 19.4. The summed E-state index contributed by atoms with van der Waals surface area (Å²) in [6.07, 6.45) is -2.67. The van der Waals surface area contributed by atoms with E-state index >= 15 is 0 Å². The van der Waals surface area contributed by atoms with Crippen molar-refractivity contribution < 1.29 is 18.0 Å². The monoisotopic (exact) mass is 423 g/mol. The fourth-order valence-electron chi connectivity index (χ4n) is 3.74. The first kappa shape index (κ1) is 20.7. The lowest BCUT2D eigenvalue weighted by Gasteiger charge is -2.13. The molecule has 1 aliphatic rings. The number of benzene rings is 2. The number of nitrogens with zero attached hydrogens (tertiary/aromatic N) is 3. The van der Waals surface area contributed by atoms with E-state index in [1.165, 1.54) is 11.1 Å². The van der Waals surface area contributed by atoms with Crippen molar-refractivity contribution in [1.29, 1.82) is 0 Å². The second-order valence-corrected chi connectivity index (χ2v) is 7.41. The Morgan fingerprint density at radius 1 is 0.903 bits per heavy atom. The van der Waals surface area contributed by atoms with Gasteiger partial charge in [-0.05, 0) is 68.8 Å². The third kappa shape index (κ3) is 3.79. The highest BCUT2D eigenvalue weighted by Gasteiger charge is 2.31. The van der Waals surface area contributed by atoms with E-state index in [0.717, 1.165) is 29.1 Å². The van der Waals surface area contributed by atoms with Crippen molar-refractivity contribution in [3.8, 4) is 5.69 Å². The molecular weight excluding hydrogens is 403 g/mol. The Bertz CT molecular complexity index is 1220. The van der Waals surface area contributed by atoms with E-state index in [2.05, 4.69) is 5.10 Å². The van der Waals surface area contributed by atoms with Gasteiger partial charge in [-0.15, -0.1) is 0 Å². The quantitative estimate of drug-likeness (QED) is 0.482. The molecule has 7 heteroatoms. The van der Waals surface area contributed by atoms with E-state index in [0.29, 0.717) is 22.7 Å². The first-order chi connectivity index (χ1) is 14.7. The maximum atomic E-state index is 13.1. The van der Waals surface area contributed by atoms with Crippen LogP contribution in [-0.2, 0) is 11.0 Å². The summed E-state index contributed by atoms with van der Waals surface area (Å²) in [6, 6.07) is 16.2. The van der Waals surface area contributed by atoms with Gasteiger partial charge in [0.05, 0.1) is 22.5 Å². The average Bonchev–Trinajstić information content (AvgIpc) is 3.18. The molecule has 3 aromatic rings. The van der Waals surface area contributed by atoms with Crippen LogP contribution < -0.4 is 5.01 Å². The van der Waals surface area contributed by atoms with Crippen LogP contribution in [0.15, 0.2) is 71.3 Å². The molecule has 0 spiro atoms. The number of aryl methyl sites for hydroxylation is 1. The molecule has 0 aliphatic carbocycles. The second kappa shape index (κ2) is 7.58. The Labute approximate surface area is 177 Å². The number of alkyl halides is 3. The molecule has 1 aromatic heterocycles. The van der Waals surface area contributed by atoms with E-state index in [1.807, 2.05) is 38.1 Å². The van der Waals surface area contributed by atoms with Crippen molar-refractivity contribution in [1.82, 2.24) is 4.57 Å². The summed E-state index contributed by atoms with van der Waals surface area (Å²) >= 11 is 0. The summed E-state index contributed by atoms with van der Waals surface area (Å²) in [7, 11) is 0. The number of para-hydroxylation sites is 1. The number of hydrazone groups is 1. The van der Waals surface area contributed by atoms with Crippen LogP contribution in [0.3, 0.4) is 0 Å². The van der Waals surface area contributed by atoms with Crippen LogP contribution in [0.2, 0.25) is 0 Å². The molecule has 0 bridgehead atoms. The molecule has 4 rings (SSSR count). The van der Waals surface area contributed by atoms with Gasteiger partial charge in [0.25, 0.3) is 5.91 Å². The Morgan fingerprint density at radius 2 is 1.58 bits per heavy atom. The third-order valence-electron chi connectivity index (χ3n) is 5.27. The number of anilines is 1. The molecule has 1 aliphatic heterocycles. The summed E-state index contributed by atoms with van der Waals surface area (Å²) < 4.78 is 41.2. The van der Waals surface area contributed by atoms with Crippen molar-refractivity contribution >= 4 is 23.4 Å². The zero-order valence-corrected chi connectivity index (χ0v) is 17.2. The van der Waals surface area contributed by atoms with Gasteiger partial charge in [0.1, 0.15) is 0 Å². The third-order valence-corrected chi connectivity index (χ3v) is 5.27. The number of aromatic nitrogens is 1. The smallest absolute Gasteiger partial charge is 0.318 e. The number of hydrogen-bond acceptors (Lipinski definition) is 2. The van der Waals surface area contributed by atoms with Gasteiger partial charge in [-0.25, -0.2) is 0 Å². The van der Waals surface area contributed by atoms with E-state index in [1.54, 1.807) is 35.8 Å². The molecule has 31 heavy (non-hydrogen) atoms. The molecule has 2 heterocycles. The summed E-state index contributed by atoms with van der Waals surface area (Å²) in [5.41, 5.74) is 3.68. The minimum atomic E-state index is -4.42. The van der Waals surface area contributed by atoms with Crippen molar-refractivity contribution in [3.63, 3.8) is 0 Å². The van der Waals surface area contributed by atoms with Crippen LogP contribution in [0.5, 0.6) is 0 Å². The lowest BCUT2D eigenvalue weighted by atomic mass is 10.1. The van der Waals surface area contributed by atoms with Crippen LogP contribution in [-0.4, -0.2) is 16.2 Å². The molecule has 1 amide bonds. The normalized spacial score (nSPS) is 15.7. The molecule has 4 nitrogen and oxygen atoms in total. The van der Waals surface area contributed by atoms with Crippen LogP contribution in [0.4, 0.5) is 18.9 Å². The Balaban J connectivity index is 1.73. The summed E-state index contributed by atoms with van der Waals surface area (Å²) in [5, 5.41) is 5.73. The van der Waals surface area contributed by atoms with Crippen molar-refractivity contribution in [3.05, 3.63) is 88.8 Å². The maximum Gasteiger partial charge on any atom is 0.416 e. The molecule has 0 saturated carbocycles. The van der Waals surface area contributed by atoms with Crippen LogP contribution in [0, 0.1) is 13.8 Å². The number of carbonyl (C=O) groups excluding carboxylic acids is 1. The molecular formula is C24H20F3N3O. The number of halogens is 3. The van der Waals surface area contributed by atoms with Crippen molar-refractivity contribution in [2.24, 2.45) is 5.10 Å². The molecule has 0 unspecified atom stereocenters. The summed E-state index contributed by atoms with van der Waals surface area (Å²) in [5.74, 6) is -0.243. The minimum Gasteiger partial charge on any atom is -0.318 e. The van der Waals surface area contributed by atoms with Gasteiger partial charge in [0.2, 0.25) is 0 Å². The Kier molecular flexibility index (Phi) is 5.05. The fourth-order valence-corrected chi connectivity index (χ4v) is 3.74. The Hall–Kier alpha value is -3.61. The maximum absolute atomic E-state index is 13.1. The second-order valence-electron chi connectivity index (χ2n) is 7.41.